The Morgan fingerprint density at radius 3 is 2.11 bits per heavy atom. The van der Waals surface area contributed by atoms with Crippen molar-refractivity contribution in [3.8, 4) is 0 Å². The van der Waals surface area contributed by atoms with Crippen molar-refractivity contribution in [3.63, 3.8) is 0 Å². The Bertz CT molecular complexity index is 279. The molecular weight excluding hydrogens is 232 g/mol. The Morgan fingerprint density at radius 1 is 1.17 bits per heavy atom. The number of carboxylic acid groups (broad SMARTS) is 1. The lowest BCUT2D eigenvalue weighted by Crippen LogP contribution is -2.51. The zero-order valence-corrected chi connectivity index (χ0v) is 12.0. The fourth-order valence-corrected chi connectivity index (χ4v) is 1.56. The Kier molecular flexibility index (Phi) is 7.59. The second kappa shape index (κ2) is 8.08. The van der Waals surface area contributed by atoms with Crippen LogP contribution in [0.4, 0.5) is 0 Å². The van der Waals surface area contributed by atoms with Gasteiger partial charge in [0.25, 0.3) is 0 Å². The van der Waals surface area contributed by atoms with E-state index >= 15 is 0 Å². The van der Waals surface area contributed by atoms with Crippen molar-refractivity contribution in [2.24, 2.45) is 5.92 Å². The fraction of sp³-hybridized carbons (Fsp3) is 0.846. The lowest BCUT2D eigenvalue weighted by atomic mass is 10.0. The van der Waals surface area contributed by atoms with Gasteiger partial charge in [0.1, 0.15) is 6.04 Å². The van der Waals surface area contributed by atoms with E-state index in [1.807, 2.05) is 27.7 Å². The van der Waals surface area contributed by atoms with Gasteiger partial charge < -0.3 is 10.4 Å². The summed E-state index contributed by atoms with van der Waals surface area (Å²) in [5.41, 5.74) is 0. The standard InChI is InChI=1S/C13H26N2O3/c1-6-9(4)14-12(16)10(5)15-11(13(17)18)7-8(2)3/h8-11,15H,6-7H2,1-5H3,(H,14,16)(H,17,18). The Morgan fingerprint density at radius 2 is 1.72 bits per heavy atom. The quantitative estimate of drug-likeness (QED) is 0.614. The van der Waals surface area contributed by atoms with E-state index < -0.39 is 18.1 Å². The minimum absolute atomic E-state index is 0.107. The molecule has 0 fully saturated rings. The molecule has 0 aliphatic carbocycles. The molecule has 3 unspecified atom stereocenters. The molecule has 3 atom stereocenters. The van der Waals surface area contributed by atoms with Gasteiger partial charge in [0, 0.05) is 6.04 Å². The first kappa shape index (κ1) is 16.9. The number of rotatable bonds is 8. The first-order valence-corrected chi connectivity index (χ1v) is 6.57. The molecule has 0 rings (SSSR count). The van der Waals surface area contributed by atoms with Crippen molar-refractivity contribution in [1.82, 2.24) is 10.6 Å². The molecule has 0 spiro atoms. The highest BCUT2D eigenvalue weighted by atomic mass is 16.4. The average Bonchev–Trinajstić information content (AvgIpc) is 2.26. The molecule has 0 bridgehead atoms. The van der Waals surface area contributed by atoms with Gasteiger partial charge in [-0.2, -0.15) is 0 Å². The number of hydrogen-bond acceptors (Lipinski definition) is 3. The number of amides is 1. The number of carbonyl (C=O) groups excluding carboxylic acids is 1. The van der Waals surface area contributed by atoms with E-state index in [0.29, 0.717) is 6.42 Å². The molecule has 0 radical (unpaired) electrons. The van der Waals surface area contributed by atoms with Crippen LogP contribution in [0.15, 0.2) is 0 Å². The van der Waals surface area contributed by atoms with Crippen molar-refractivity contribution >= 4 is 11.9 Å². The second-order valence-electron chi connectivity index (χ2n) is 5.23. The number of carbonyl (C=O) groups is 2. The molecule has 0 saturated heterocycles. The minimum atomic E-state index is -0.910. The second-order valence-corrected chi connectivity index (χ2v) is 5.23. The van der Waals surface area contributed by atoms with E-state index in [4.69, 9.17) is 5.11 Å². The summed E-state index contributed by atoms with van der Waals surface area (Å²) >= 11 is 0. The van der Waals surface area contributed by atoms with E-state index in [-0.39, 0.29) is 17.9 Å². The molecule has 1 amide bonds. The molecule has 18 heavy (non-hydrogen) atoms. The van der Waals surface area contributed by atoms with Crippen molar-refractivity contribution in [2.75, 3.05) is 0 Å². The van der Waals surface area contributed by atoms with Gasteiger partial charge in [0.15, 0.2) is 0 Å². The topological polar surface area (TPSA) is 78.4 Å². The molecule has 5 heteroatoms. The Balaban J connectivity index is 4.36. The van der Waals surface area contributed by atoms with Gasteiger partial charge in [-0.05, 0) is 32.6 Å². The highest BCUT2D eigenvalue weighted by Crippen LogP contribution is 2.06. The van der Waals surface area contributed by atoms with Gasteiger partial charge in [0.05, 0.1) is 6.04 Å². The van der Waals surface area contributed by atoms with Crippen LogP contribution in [0.25, 0.3) is 0 Å². The van der Waals surface area contributed by atoms with E-state index in [1.54, 1.807) is 6.92 Å². The average molecular weight is 258 g/mol. The largest absolute Gasteiger partial charge is 0.480 e. The van der Waals surface area contributed by atoms with Crippen LogP contribution in [0.3, 0.4) is 0 Å². The normalized spacial score (nSPS) is 16.1. The summed E-state index contributed by atoms with van der Waals surface area (Å²) in [4.78, 5) is 22.9. The Labute approximate surface area is 109 Å². The SMILES string of the molecule is CCC(C)NC(=O)C(C)NC(CC(C)C)C(=O)O. The smallest absolute Gasteiger partial charge is 0.320 e. The zero-order chi connectivity index (χ0) is 14.3. The molecule has 0 heterocycles. The molecule has 0 aliphatic rings. The summed E-state index contributed by atoms with van der Waals surface area (Å²) in [5.74, 6) is -0.797. The van der Waals surface area contributed by atoms with E-state index in [0.717, 1.165) is 6.42 Å². The molecule has 0 aromatic carbocycles. The van der Waals surface area contributed by atoms with Crippen molar-refractivity contribution < 1.29 is 14.7 Å². The van der Waals surface area contributed by atoms with Crippen molar-refractivity contribution in [2.45, 2.75) is 65.6 Å². The lowest BCUT2D eigenvalue weighted by Gasteiger charge is -2.22. The summed E-state index contributed by atoms with van der Waals surface area (Å²) in [5, 5.41) is 14.8. The summed E-state index contributed by atoms with van der Waals surface area (Å²) in [6, 6.07) is -1.07. The minimum Gasteiger partial charge on any atom is -0.480 e. The third-order valence-corrected chi connectivity index (χ3v) is 2.85. The van der Waals surface area contributed by atoms with Crippen LogP contribution in [0.5, 0.6) is 0 Å². The summed E-state index contributed by atoms with van der Waals surface area (Å²) in [6.07, 6.45) is 1.36. The fourth-order valence-electron chi connectivity index (χ4n) is 1.56. The molecule has 106 valence electrons. The van der Waals surface area contributed by atoms with Gasteiger partial charge >= 0.3 is 5.97 Å². The number of hydrogen-bond donors (Lipinski definition) is 3. The number of nitrogens with one attached hydrogen (secondary N) is 2. The van der Waals surface area contributed by atoms with Crippen LogP contribution >= 0.6 is 0 Å². The van der Waals surface area contributed by atoms with Crippen LogP contribution in [0.1, 0.15) is 47.5 Å². The van der Waals surface area contributed by atoms with E-state index in [2.05, 4.69) is 10.6 Å². The lowest BCUT2D eigenvalue weighted by molar-refractivity contribution is -0.140. The maximum Gasteiger partial charge on any atom is 0.320 e. The van der Waals surface area contributed by atoms with Crippen LogP contribution in [0.2, 0.25) is 0 Å². The first-order chi connectivity index (χ1) is 8.27. The van der Waals surface area contributed by atoms with Crippen LogP contribution < -0.4 is 10.6 Å². The third-order valence-electron chi connectivity index (χ3n) is 2.85. The highest BCUT2D eigenvalue weighted by molar-refractivity contribution is 5.82. The Hall–Kier alpha value is -1.10. The number of aliphatic carboxylic acids is 1. The van der Waals surface area contributed by atoms with Crippen LogP contribution in [-0.4, -0.2) is 35.1 Å². The molecular formula is C13H26N2O3. The van der Waals surface area contributed by atoms with Crippen LogP contribution in [0, 0.1) is 5.92 Å². The monoisotopic (exact) mass is 258 g/mol. The van der Waals surface area contributed by atoms with E-state index in [1.165, 1.54) is 0 Å². The zero-order valence-electron chi connectivity index (χ0n) is 12.0. The van der Waals surface area contributed by atoms with Gasteiger partial charge in [-0.3, -0.25) is 14.9 Å². The summed E-state index contributed by atoms with van der Waals surface area (Å²) in [7, 11) is 0. The molecule has 0 aliphatic heterocycles. The maximum atomic E-state index is 11.8. The van der Waals surface area contributed by atoms with Gasteiger partial charge in [-0.1, -0.05) is 20.8 Å². The van der Waals surface area contributed by atoms with E-state index in [9.17, 15) is 9.59 Å². The molecule has 0 aromatic rings. The highest BCUT2D eigenvalue weighted by Gasteiger charge is 2.24. The number of carboxylic acids is 1. The van der Waals surface area contributed by atoms with Gasteiger partial charge in [-0.15, -0.1) is 0 Å². The molecule has 0 saturated carbocycles. The molecule has 5 nitrogen and oxygen atoms in total. The van der Waals surface area contributed by atoms with Crippen molar-refractivity contribution in [1.29, 1.82) is 0 Å². The van der Waals surface area contributed by atoms with Crippen molar-refractivity contribution in [3.05, 3.63) is 0 Å². The van der Waals surface area contributed by atoms with Crippen LogP contribution in [-0.2, 0) is 9.59 Å². The predicted molar refractivity (Wildman–Crippen MR) is 71.4 cm³/mol. The first-order valence-electron chi connectivity index (χ1n) is 6.57. The molecule has 0 aromatic heterocycles. The predicted octanol–water partition coefficient (Wildman–Crippen LogP) is 1.38. The third kappa shape index (κ3) is 6.59. The summed E-state index contributed by atoms with van der Waals surface area (Å²) in [6.45, 7) is 9.52. The molecule has 3 N–H and O–H groups in total. The van der Waals surface area contributed by atoms with Gasteiger partial charge in [-0.25, -0.2) is 0 Å². The summed E-state index contributed by atoms with van der Waals surface area (Å²) < 4.78 is 0. The maximum absolute atomic E-state index is 11.8. The van der Waals surface area contributed by atoms with Gasteiger partial charge in [0.2, 0.25) is 5.91 Å².